The molecule has 0 aliphatic carbocycles. The van der Waals surface area contributed by atoms with E-state index in [9.17, 15) is 9.59 Å². The van der Waals surface area contributed by atoms with Gasteiger partial charge in [0.25, 0.3) is 5.91 Å². The van der Waals surface area contributed by atoms with Crippen molar-refractivity contribution in [2.24, 2.45) is 0 Å². The summed E-state index contributed by atoms with van der Waals surface area (Å²) in [4.78, 5) is 22.9. The SMILES string of the molecule is O=C(Nc1c(Br)cccc1C(=O)O)c1ccoc1. The Labute approximate surface area is 111 Å². The van der Waals surface area contributed by atoms with Gasteiger partial charge in [0.05, 0.1) is 23.1 Å². The Balaban J connectivity index is 2.34. The average Bonchev–Trinajstić information content (AvgIpc) is 2.85. The Kier molecular flexibility index (Phi) is 3.47. The standard InChI is InChI=1S/C12H8BrNO4/c13-9-3-1-2-8(12(16)17)10(9)14-11(15)7-4-5-18-6-7/h1-6H,(H,14,15)(H,16,17). The highest BCUT2D eigenvalue weighted by atomic mass is 79.9. The average molecular weight is 310 g/mol. The van der Waals surface area contributed by atoms with Gasteiger partial charge >= 0.3 is 5.97 Å². The lowest BCUT2D eigenvalue weighted by molar-refractivity contribution is 0.0698. The molecule has 0 atom stereocenters. The summed E-state index contributed by atoms with van der Waals surface area (Å²) in [5.74, 6) is -1.54. The third-order valence-electron chi connectivity index (χ3n) is 2.27. The number of carboxylic acids is 1. The molecule has 2 aromatic rings. The first kappa shape index (κ1) is 12.4. The van der Waals surface area contributed by atoms with Gasteiger partial charge in [-0.15, -0.1) is 0 Å². The molecule has 0 bridgehead atoms. The number of para-hydroxylation sites is 1. The van der Waals surface area contributed by atoms with Crippen molar-refractivity contribution in [2.75, 3.05) is 5.32 Å². The van der Waals surface area contributed by atoms with Gasteiger partial charge in [-0.2, -0.15) is 0 Å². The van der Waals surface area contributed by atoms with Crippen molar-refractivity contribution in [3.63, 3.8) is 0 Å². The molecule has 1 heterocycles. The number of aromatic carboxylic acids is 1. The van der Waals surface area contributed by atoms with E-state index >= 15 is 0 Å². The minimum Gasteiger partial charge on any atom is -0.478 e. The summed E-state index contributed by atoms with van der Waals surface area (Å²) in [6.07, 6.45) is 2.65. The van der Waals surface area contributed by atoms with Crippen molar-refractivity contribution >= 4 is 33.5 Å². The summed E-state index contributed by atoms with van der Waals surface area (Å²) in [5.41, 5.74) is 0.555. The summed E-state index contributed by atoms with van der Waals surface area (Å²) < 4.78 is 5.29. The summed E-state index contributed by atoms with van der Waals surface area (Å²) >= 11 is 3.21. The predicted octanol–water partition coefficient (Wildman–Crippen LogP) is 2.99. The second-order valence-electron chi connectivity index (χ2n) is 3.43. The van der Waals surface area contributed by atoms with E-state index in [4.69, 9.17) is 9.52 Å². The number of halogens is 1. The summed E-state index contributed by atoms with van der Waals surface area (Å²) in [7, 11) is 0. The smallest absolute Gasteiger partial charge is 0.337 e. The van der Waals surface area contributed by atoms with Gasteiger partial charge in [-0.25, -0.2) is 4.79 Å². The summed E-state index contributed by atoms with van der Waals surface area (Å²) in [6.45, 7) is 0. The molecule has 0 aliphatic heterocycles. The van der Waals surface area contributed by atoms with E-state index in [0.29, 0.717) is 10.0 Å². The topological polar surface area (TPSA) is 79.5 Å². The first-order valence-corrected chi connectivity index (χ1v) is 5.74. The zero-order valence-electron chi connectivity index (χ0n) is 9.01. The molecule has 0 spiro atoms. The molecular formula is C12H8BrNO4. The van der Waals surface area contributed by atoms with E-state index in [-0.39, 0.29) is 11.3 Å². The fraction of sp³-hybridized carbons (Fsp3) is 0. The second kappa shape index (κ2) is 5.05. The lowest BCUT2D eigenvalue weighted by atomic mass is 10.1. The van der Waals surface area contributed by atoms with Gasteiger partial charge in [0.15, 0.2) is 0 Å². The van der Waals surface area contributed by atoms with Crippen LogP contribution in [0.3, 0.4) is 0 Å². The van der Waals surface area contributed by atoms with Gasteiger partial charge in [-0.3, -0.25) is 4.79 Å². The number of nitrogens with one attached hydrogen (secondary N) is 1. The van der Waals surface area contributed by atoms with Crippen LogP contribution < -0.4 is 5.32 Å². The van der Waals surface area contributed by atoms with Gasteiger partial charge < -0.3 is 14.8 Å². The highest BCUT2D eigenvalue weighted by Crippen LogP contribution is 2.27. The zero-order valence-corrected chi connectivity index (χ0v) is 10.6. The van der Waals surface area contributed by atoms with Crippen LogP contribution in [0.5, 0.6) is 0 Å². The largest absolute Gasteiger partial charge is 0.478 e. The van der Waals surface area contributed by atoms with Crippen molar-refractivity contribution in [1.82, 2.24) is 0 Å². The van der Waals surface area contributed by atoms with Crippen LogP contribution in [0.2, 0.25) is 0 Å². The van der Waals surface area contributed by atoms with E-state index in [1.165, 1.54) is 24.7 Å². The van der Waals surface area contributed by atoms with Gasteiger partial charge in [0.1, 0.15) is 6.26 Å². The molecule has 6 heteroatoms. The molecule has 2 rings (SSSR count). The number of hydrogen-bond donors (Lipinski definition) is 2. The Morgan fingerprint density at radius 2 is 2.06 bits per heavy atom. The maximum Gasteiger partial charge on any atom is 0.337 e. The van der Waals surface area contributed by atoms with Crippen molar-refractivity contribution in [3.8, 4) is 0 Å². The molecule has 2 N–H and O–H groups in total. The van der Waals surface area contributed by atoms with E-state index < -0.39 is 11.9 Å². The number of rotatable bonds is 3. The molecule has 1 aromatic carbocycles. The minimum atomic E-state index is -1.11. The van der Waals surface area contributed by atoms with Crippen LogP contribution in [0.15, 0.2) is 45.7 Å². The van der Waals surface area contributed by atoms with Crippen LogP contribution in [0.1, 0.15) is 20.7 Å². The molecule has 0 radical (unpaired) electrons. The first-order valence-electron chi connectivity index (χ1n) is 4.95. The molecule has 5 nitrogen and oxygen atoms in total. The van der Waals surface area contributed by atoms with Crippen molar-refractivity contribution in [3.05, 3.63) is 52.4 Å². The molecule has 0 unspecified atom stereocenters. The van der Waals surface area contributed by atoms with E-state index in [0.717, 1.165) is 0 Å². The minimum absolute atomic E-state index is 0.0150. The monoisotopic (exact) mass is 309 g/mol. The van der Waals surface area contributed by atoms with E-state index in [2.05, 4.69) is 21.2 Å². The molecule has 1 aromatic heterocycles. The number of hydrogen-bond acceptors (Lipinski definition) is 3. The third kappa shape index (κ3) is 2.43. The normalized spacial score (nSPS) is 10.1. The van der Waals surface area contributed by atoms with Crippen LogP contribution in [-0.2, 0) is 0 Å². The Morgan fingerprint density at radius 3 is 2.67 bits per heavy atom. The number of carbonyl (C=O) groups is 2. The molecule has 0 aliphatic rings. The van der Waals surface area contributed by atoms with Crippen LogP contribution >= 0.6 is 15.9 Å². The fourth-order valence-corrected chi connectivity index (χ4v) is 1.87. The number of amides is 1. The van der Waals surface area contributed by atoms with Gasteiger partial charge in [0.2, 0.25) is 0 Å². The quantitative estimate of drug-likeness (QED) is 0.913. The number of benzene rings is 1. The van der Waals surface area contributed by atoms with Crippen LogP contribution in [-0.4, -0.2) is 17.0 Å². The summed E-state index contributed by atoms with van der Waals surface area (Å²) in [5, 5.41) is 11.6. The van der Waals surface area contributed by atoms with E-state index in [1.807, 2.05) is 0 Å². The molecule has 0 fully saturated rings. The maximum atomic E-state index is 11.8. The molecule has 18 heavy (non-hydrogen) atoms. The Hall–Kier alpha value is -2.08. The number of anilines is 1. The Bertz CT molecular complexity index is 592. The fourth-order valence-electron chi connectivity index (χ4n) is 1.41. The first-order chi connectivity index (χ1) is 8.59. The second-order valence-corrected chi connectivity index (χ2v) is 4.29. The molecule has 0 saturated carbocycles. The highest BCUT2D eigenvalue weighted by molar-refractivity contribution is 9.10. The maximum absolute atomic E-state index is 11.8. The lowest BCUT2D eigenvalue weighted by Crippen LogP contribution is -2.14. The van der Waals surface area contributed by atoms with Crippen molar-refractivity contribution in [2.45, 2.75) is 0 Å². The van der Waals surface area contributed by atoms with Gasteiger partial charge in [-0.1, -0.05) is 6.07 Å². The van der Waals surface area contributed by atoms with Crippen molar-refractivity contribution in [1.29, 1.82) is 0 Å². The van der Waals surface area contributed by atoms with Gasteiger partial charge in [-0.05, 0) is 34.1 Å². The number of furan rings is 1. The lowest BCUT2D eigenvalue weighted by Gasteiger charge is -2.09. The zero-order chi connectivity index (χ0) is 13.1. The molecule has 92 valence electrons. The number of carboxylic acid groups (broad SMARTS) is 1. The highest BCUT2D eigenvalue weighted by Gasteiger charge is 2.16. The van der Waals surface area contributed by atoms with Crippen LogP contribution in [0.25, 0.3) is 0 Å². The summed E-state index contributed by atoms with van der Waals surface area (Å²) in [6, 6.07) is 6.14. The molecule has 0 saturated heterocycles. The van der Waals surface area contributed by atoms with E-state index in [1.54, 1.807) is 12.1 Å². The van der Waals surface area contributed by atoms with Crippen molar-refractivity contribution < 1.29 is 19.1 Å². The van der Waals surface area contributed by atoms with Crippen LogP contribution in [0, 0.1) is 0 Å². The molecule has 1 amide bonds. The Morgan fingerprint density at radius 1 is 1.28 bits per heavy atom. The number of carbonyl (C=O) groups excluding carboxylic acids is 1. The third-order valence-corrected chi connectivity index (χ3v) is 2.93. The molecular weight excluding hydrogens is 302 g/mol. The van der Waals surface area contributed by atoms with Crippen LogP contribution in [0.4, 0.5) is 5.69 Å². The predicted molar refractivity (Wildman–Crippen MR) is 67.8 cm³/mol. The van der Waals surface area contributed by atoms with Gasteiger partial charge in [0, 0.05) is 4.47 Å².